The van der Waals surface area contributed by atoms with Gasteiger partial charge in [0.1, 0.15) is 0 Å². The fourth-order valence-electron chi connectivity index (χ4n) is 2.51. The molecule has 0 saturated carbocycles. The molecule has 0 bridgehead atoms. The highest BCUT2D eigenvalue weighted by Crippen LogP contribution is 2.23. The van der Waals surface area contributed by atoms with Crippen molar-refractivity contribution >= 4 is 0 Å². The van der Waals surface area contributed by atoms with Crippen molar-refractivity contribution in [2.75, 3.05) is 6.54 Å². The summed E-state index contributed by atoms with van der Waals surface area (Å²) in [6.07, 6.45) is 2.79. The molecule has 2 aromatic heterocycles. The maximum absolute atomic E-state index is 4.50. The van der Waals surface area contributed by atoms with Crippen LogP contribution in [0.2, 0.25) is 0 Å². The molecule has 0 fully saturated rings. The number of hydrogen-bond donors (Lipinski definition) is 1. The molecule has 1 unspecified atom stereocenters. The Hall–Kier alpha value is -1.69. The first-order valence-corrected chi connectivity index (χ1v) is 6.61. The summed E-state index contributed by atoms with van der Waals surface area (Å²) in [5.74, 6) is 0. The fraction of sp³-hybridized carbons (Fsp3) is 0.615. The van der Waals surface area contributed by atoms with E-state index in [1.807, 2.05) is 25.0 Å². The minimum Gasteiger partial charge on any atom is -0.310 e. The second-order valence-corrected chi connectivity index (χ2v) is 4.91. The van der Waals surface area contributed by atoms with E-state index < -0.39 is 0 Å². The minimum atomic E-state index is 0.232. The Bertz CT molecular complexity index is 553. The van der Waals surface area contributed by atoms with E-state index in [4.69, 9.17) is 0 Å². The predicted octanol–water partition coefficient (Wildman–Crippen LogP) is 1.06. The van der Waals surface area contributed by atoms with Crippen LogP contribution in [0.4, 0.5) is 0 Å². The lowest BCUT2D eigenvalue weighted by Gasteiger charge is -2.17. The first kappa shape index (κ1) is 13.7. The molecule has 1 atom stereocenters. The van der Waals surface area contributed by atoms with E-state index in [-0.39, 0.29) is 6.04 Å². The van der Waals surface area contributed by atoms with Gasteiger partial charge in [0.25, 0.3) is 0 Å². The van der Waals surface area contributed by atoms with Gasteiger partial charge in [0.15, 0.2) is 0 Å². The van der Waals surface area contributed by atoms with Crippen molar-refractivity contribution in [3.63, 3.8) is 0 Å². The summed E-state index contributed by atoms with van der Waals surface area (Å²) in [7, 11) is 3.87. The molecule has 0 radical (unpaired) electrons. The van der Waals surface area contributed by atoms with E-state index >= 15 is 0 Å². The number of rotatable bonds is 5. The monoisotopic (exact) mass is 262 g/mol. The first-order chi connectivity index (χ1) is 9.02. The number of aromatic nitrogens is 5. The van der Waals surface area contributed by atoms with Crippen LogP contribution >= 0.6 is 0 Å². The summed E-state index contributed by atoms with van der Waals surface area (Å²) >= 11 is 0. The van der Waals surface area contributed by atoms with Crippen LogP contribution < -0.4 is 5.32 Å². The van der Waals surface area contributed by atoms with Crippen LogP contribution in [0.25, 0.3) is 0 Å². The number of hydrogen-bond acceptors (Lipinski definition) is 4. The van der Waals surface area contributed by atoms with Crippen LogP contribution in [-0.4, -0.2) is 31.3 Å². The van der Waals surface area contributed by atoms with Crippen molar-refractivity contribution in [3.8, 4) is 0 Å². The van der Waals surface area contributed by atoms with Gasteiger partial charge in [0, 0.05) is 44.0 Å². The summed E-state index contributed by atoms with van der Waals surface area (Å²) in [4.78, 5) is 0. The minimum absolute atomic E-state index is 0.232. The second kappa shape index (κ2) is 5.52. The van der Waals surface area contributed by atoms with Crippen LogP contribution in [0.1, 0.15) is 35.6 Å². The Morgan fingerprint density at radius 2 is 2.05 bits per heavy atom. The van der Waals surface area contributed by atoms with E-state index in [1.54, 1.807) is 4.68 Å². The molecule has 0 aliphatic rings. The fourth-order valence-corrected chi connectivity index (χ4v) is 2.51. The molecular formula is C13H22N6. The van der Waals surface area contributed by atoms with Gasteiger partial charge >= 0.3 is 0 Å². The van der Waals surface area contributed by atoms with Crippen LogP contribution in [0.15, 0.2) is 6.20 Å². The van der Waals surface area contributed by atoms with Crippen LogP contribution in [-0.2, 0) is 20.5 Å². The summed E-state index contributed by atoms with van der Waals surface area (Å²) in [5.41, 5.74) is 4.55. The average molecular weight is 262 g/mol. The molecule has 104 valence electrons. The lowest BCUT2D eigenvalue weighted by Crippen LogP contribution is -2.24. The highest BCUT2D eigenvalue weighted by atomic mass is 15.4. The molecule has 19 heavy (non-hydrogen) atoms. The highest BCUT2D eigenvalue weighted by Gasteiger charge is 2.20. The topological polar surface area (TPSA) is 60.6 Å². The Balaban J connectivity index is 2.29. The third-order valence-corrected chi connectivity index (χ3v) is 3.43. The number of nitrogens with one attached hydrogen (secondary N) is 1. The zero-order valence-corrected chi connectivity index (χ0v) is 12.3. The molecule has 2 rings (SSSR count). The normalized spacial score (nSPS) is 12.9. The van der Waals surface area contributed by atoms with Crippen molar-refractivity contribution in [3.05, 3.63) is 28.8 Å². The van der Waals surface area contributed by atoms with Crippen molar-refractivity contribution in [1.29, 1.82) is 0 Å². The van der Waals surface area contributed by atoms with Crippen molar-refractivity contribution in [1.82, 2.24) is 30.1 Å². The standard InChI is InChI=1S/C13H22N6/c1-6-14-12(7-11-8-18(4)17-15-11)13-9(2)16-19(5)10(13)3/h8,12,14H,6-7H2,1-5H3. The van der Waals surface area contributed by atoms with Gasteiger partial charge in [-0.15, -0.1) is 5.10 Å². The molecule has 0 aromatic carbocycles. The van der Waals surface area contributed by atoms with E-state index in [0.717, 1.165) is 24.4 Å². The highest BCUT2D eigenvalue weighted by molar-refractivity contribution is 5.29. The molecule has 0 aliphatic carbocycles. The molecule has 2 heterocycles. The third-order valence-electron chi connectivity index (χ3n) is 3.43. The van der Waals surface area contributed by atoms with Gasteiger partial charge in [0.05, 0.1) is 11.4 Å². The lowest BCUT2D eigenvalue weighted by molar-refractivity contribution is 0.538. The summed E-state index contributed by atoms with van der Waals surface area (Å²) in [6.45, 7) is 7.20. The first-order valence-electron chi connectivity index (χ1n) is 6.61. The van der Waals surface area contributed by atoms with Gasteiger partial charge in [-0.2, -0.15) is 5.10 Å². The molecule has 0 amide bonds. The van der Waals surface area contributed by atoms with E-state index in [9.17, 15) is 0 Å². The van der Waals surface area contributed by atoms with Gasteiger partial charge in [-0.25, -0.2) is 0 Å². The van der Waals surface area contributed by atoms with Gasteiger partial charge in [-0.05, 0) is 20.4 Å². The maximum atomic E-state index is 4.50. The van der Waals surface area contributed by atoms with Gasteiger partial charge in [0.2, 0.25) is 0 Å². The number of aryl methyl sites for hydroxylation is 3. The van der Waals surface area contributed by atoms with Crippen molar-refractivity contribution < 1.29 is 0 Å². The van der Waals surface area contributed by atoms with Crippen LogP contribution in [0.3, 0.4) is 0 Å². The van der Waals surface area contributed by atoms with Gasteiger partial charge < -0.3 is 5.32 Å². The summed E-state index contributed by atoms with van der Waals surface area (Å²) < 4.78 is 3.67. The second-order valence-electron chi connectivity index (χ2n) is 4.91. The molecule has 2 aromatic rings. The van der Waals surface area contributed by atoms with Gasteiger partial charge in [-0.3, -0.25) is 9.36 Å². The van der Waals surface area contributed by atoms with E-state index in [1.165, 1.54) is 11.3 Å². The smallest absolute Gasteiger partial charge is 0.0846 e. The van der Waals surface area contributed by atoms with Gasteiger partial charge in [-0.1, -0.05) is 12.1 Å². The molecule has 1 N–H and O–H groups in total. The Morgan fingerprint density at radius 1 is 1.32 bits per heavy atom. The average Bonchev–Trinajstić information content (AvgIpc) is 2.84. The molecule has 0 spiro atoms. The van der Waals surface area contributed by atoms with Crippen molar-refractivity contribution in [2.24, 2.45) is 14.1 Å². The molecule has 0 aliphatic heterocycles. The molecule has 0 saturated heterocycles. The summed E-state index contributed by atoms with van der Waals surface area (Å²) in [6, 6.07) is 0.232. The maximum Gasteiger partial charge on any atom is 0.0846 e. The Morgan fingerprint density at radius 3 is 2.53 bits per heavy atom. The third kappa shape index (κ3) is 2.84. The van der Waals surface area contributed by atoms with Crippen LogP contribution in [0, 0.1) is 13.8 Å². The quantitative estimate of drug-likeness (QED) is 0.875. The molecular weight excluding hydrogens is 240 g/mol. The number of nitrogens with zero attached hydrogens (tertiary/aromatic N) is 5. The zero-order valence-electron chi connectivity index (χ0n) is 12.3. The van der Waals surface area contributed by atoms with E-state index in [0.29, 0.717) is 0 Å². The Labute approximate surface area is 113 Å². The largest absolute Gasteiger partial charge is 0.310 e. The zero-order chi connectivity index (χ0) is 14.0. The Kier molecular flexibility index (Phi) is 3.99. The summed E-state index contributed by atoms with van der Waals surface area (Å²) in [5, 5.41) is 16.2. The van der Waals surface area contributed by atoms with Crippen molar-refractivity contribution in [2.45, 2.75) is 33.2 Å². The van der Waals surface area contributed by atoms with Crippen LogP contribution in [0.5, 0.6) is 0 Å². The SMILES string of the molecule is CCNC(Cc1cn(C)nn1)c1c(C)nn(C)c1C. The molecule has 6 heteroatoms. The molecule has 6 nitrogen and oxygen atoms in total. The van der Waals surface area contributed by atoms with E-state index in [2.05, 4.69) is 41.5 Å². The predicted molar refractivity (Wildman–Crippen MR) is 73.8 cm³/mol. The number of likely N-dealkylation sites (N-methyl/N-ethyl adjacent to an activating group) is 1. The lowest BCUT2D eigenvalue weighted by atomic mass is 10.0.